The molecule has 0 bridgehead atoms. The van der Waals surface area contributed by atoms with Gasteiger partial charge in [0.25, 0.3) is 5.91 Å². The summed E-state index contributed by atoms with van der Waals surface area (Å²) in [4.78, 5) is 18.4. The molecule has 22 heavy (non-hydrogen) atoms. The van der Waals surface area contributed by atoms with Crippen molar-refractivity contribution in [2.75, 3.05) is 0 Å². The summed E-state index contributed by atoms with van der Waals surface area (Å²) in [5.74, 6) is -0.277. The number of hydrogen-bond acceptors (Lipinski definition) is 3. The molecule has 1 unspecified atom stereocenters. The molecule has 1 aliphatic heterocycles. The second kappa shape index (κ2) is 4.80. The second-order valence-electron chi connectivity index (χ2n) is 6.39. The molecule has 5 heteroatoms. The Morgan fingerprint density at radius 2 is 1.82 bits per heavy atom. The lowest BCUT2D eigenvalue weighted by Gasteiger charge is -2.43. The molecule has 0 fully saturated rings. The normalized spacial score (nSPS) is 21.1. The molecule has 1 amide bonds. The summed E-state index contributed by atoms with van der Waals surface area (Å²) in [6, 6.07) is 10.3. The van der Waals surface area contributed by atoms with Crippen LogP contribution < -0.4 is 0 Å². The molecule has 114 valence electrons. The van der Waals surface area contributed by atoms with Gasteiger partial charge in [0.05, 0.1) is 0 Å². The molecular formula is C17H17ClN2O2. The number of carbonyl (C=O) groups is 1. The number of carbonyl (C=O) groups excluding carboxylic acids is 1. The summed E-state index contributed by atoms with van der Waals surface area (Å²) < 4.78 is 0. The second-order valence-corrected chi connectivity index (χ2v) is 6.83. The number of halogens is 1. The SMILES string of the molecule is CC(C)(C)N1C(=O)c2ncccc2C1(O)c1ccc(Cl)cc1. The minimum absolute atomic E-state index is 0.277. The van der Waals surface area contributed by atoms with E-state index in [2.05, 4.69) is 4.98 Å². The first-order valence-electron chi connectivity index (χ1n) is 7.05. The molecule has 4 nitrogen and oxygen atoms in total. The molecule has 1 aromatic heterocycles. The Kier molecular flexibility index (Phi) is 3.27. The van der Waals surface area contributed by atoms with Crippen LogP contribution in [-0.4, -0.2) is 26.4 Å². The van der Waals surface area contributed by atoms with Crippen LogP contribution in [0.4, 0.5) is 0 Å². The Bertz CT molecular complexity index is 737. The van der Waals surface area contributed by atoms with Crippen LogP contribution in [0.15, 0.2) is 42.6 Å². The molecule has 0 saturated heterocycles. The van der Waals surface area contributed by atoms with Gasteiger partial charge in [0.2, 0.25) is 0 Å². The lowest BCUT2D eigenvalue weighted by Crippen LogP contribution is -2.54. The van der Waals surface area contributed by atoms with Gasteiger partial charge in [-0.05, 0) is 45.0 Å². The van der Waals surface area contributed by atoms with Crippen molar-refractivity contribution in [2.45, 2.75) is 32.0 Å². The van der Waals surface area contributed by atoms with E-state index in [4.69, 9.17) is 11.6 Å². The van der Waals surface area contributed by atoms with E-state index >= 15 is 0 Å². The maximum Gasteiger partial charge on any atom is 0.276 e. The highest BCUT2D eigenvalue weighted by Crippen LogP contribution is 2.45. The van der Waals surface area contributed by atoms with E-state index in [1.807, 2.05) is 20.8 Å². The highest BCUT2D eigenvalue weighted by molar-refractivity contribution is 6.30. The van der Waals surface area contributed by atoms with Crippen LogP contribution >= 0.6 is 11.6 Å². The van der Waals surface area contributed by atoms with E-state index in [0.717, 1.165) is 0 Å². The van der Waals surface area contributed by atoms with Gasteiger partial charge in [-0.2, -0.15) is 0 Å². The fraction of sp³-hybridized carbons (Fsp3) is 0.294. The number of aromatic nitrogens is 1. The average molecular weight is 317 g/mol. The Morgan fingerprint density at radius 3 is 2.41 bits per heavy atom. The summed E-state index contributed by atoms with van der Waals surface area (Å²) in [5.41, 5.74) is -0.755. The monoisotopic (exact) mass is 316 g/mol. The zero-order valence-electron chi connectivity index (χ0n) is 12.7. The number of nitrogens with zero attached hydrogens (tertiary/aromatic N) is 2. The summed E-state index contributed by atoms with van der Waals surface area (Å²) in [5, 5.41) is 12.1. The van der Waals surface area contributed by atoms with Gasteiger partial charge < -0.3 is 5.11 Å². The number of amides is 1. The molecule has 2 aromatic rings. The van der Waals surface area contributed by atoms with Crippen molar-refractivity contribution in [3.63, 3.8) is 0 Å². The van der Waals surface area contributed by atoms with E-state index < -0.39 is 11.3 Å². The van der Waals surface area contributed by atoms with E-state index in [1.165, 1.54) is 4.90 Å². The van der Waals surface area contributed by atoms with Gasteiger partial charge in [0.15, 0.2) is 5.72 Å². The molecule has 1 atom stereocenters. The minimum atomic E-state index is -1.55. The van der Waals surface area contributed by atoms with Crippen LogP contribution in [0.25, 0.3) is 0 Å². The molecule has 1 N–H and O–H groups in total. The number of fused-ring (bicyclic) bond motifs is 1. The largest absolute Gasteiger partial charge is 0.363 e. The number of benzene rings is 1. The highest BCUT2D eigenvalue weighted by Gasteiger charge is 2.54. The minimum Gasteiger partial charge on any atom is -0.363 e. The maximum absolute atomic E-state index is 12.8. The third-order valence-corrected chi connectivity index (χ3v) is 4.08. The predicted octanol–water partition coefficient (Wildman–Crippen LogP) is 3.18. The topological polar surface area (TPSA) is 53.4 Å². The lowest BCUT2D eigenvalue weighted by atomic mass is 9.92. The molecular weight excluding hydrogens is 300 g/mol. The Hall–Kier alpha value is -1.91. The Labute approximate surface area is 134 Å². The molecule has 2 heterocycles. The fourth-order valence-corrected chi connectivity index (χ4v) is 3.11. The van der Waals surface area contributed by atoms with Crippen molar-refractivity contribution in [3.05, 3.63) is 64.4 Å². The number of hydrogen-bond donors (Lipinski definition) is 1. The first-order chi connectivity index (χ1) is 10.3. The number of rotatable bonds is 1. The van der Waals surface area contributed by atoms with Gasteiger partial charge in [0.1, 0.15) is 5.69 Å². The molecule has 1 aromatic carbocycles. The van der Waals surface area contributed by atoms with E-state index in [0.29, 0.717) is 16.1 Å². The van der Waals surface area contributed by atoms with Crippen LogP contribution in [0.5, 0.6) is 0 Å². The molecule has 1 aliphatic rings. The number of aliphatic hydroxyl groups is 1. The summed E-state index contributed by atoms with van der Waals surface area (Å²) in [7, 11) is 0. The van der Waals surface area contributed by atoms with Crippen LogP contribution in [-0.2, 0) is 5.72 Å². The van der Waals surface area contributed by atoms with Crippen molar-refractivity contribution >= 4 is 17.5 Å². The van der Waals surface area contributed by atoms with Gasteiger partial charge in [-0.25, -0.2) is 0 Å². The molecule has 0 saturated carbocycles. The van der Waals surface area contributed by atoms with Crippen molar-refractivity contribution < 1.29 is 9.90 Å². The van der Waals surface area contributed by atoms with E-state index in [1.54, 1.807) is 42.6 Å². The quantitative estimate of drug-likeness (QED) is 0.879. The average Bonchev–Trinajstić information content (AvgIpc) is 2.69. The van der Waals surface area contributed by atoms with Crippen LogP contribution in [0.1, 0.15) is 42.4 Å². The van der Waals surface area contributed by atoms with E-state index in [-0.39, 0.29) is 11.6 Å². The third-order valence-electron chi connectivity index (χ3n) is 3.83. The maximum atomic E-state index is 12.8. The Balaban J connectivity index is 2.29. The van der Waals surface area contributed by atoms with E-state index in [9.17, 15) is 9.90 Å². The Morgan fingerprint density at radius 1 is 1.18 bits per heavy atom. The van der Waals surface area contributed by atoms with Gasteiger partial charge in [-0.1, -0.05) is 23.7 Å². The number of pyridine rings is 1. The zero-order valence-corrected chi connectivity index (χ0v) is 13.4. The van der Waals surface area contributed by atoms with Gasteiger partial charge in [-0.3, -0.25) is 14.7 Å². The smallest absolute Gasteiger partial charge is 0.276 e. The lowest BCUT2D eigenvalue weighted by molar-refractivity contribution is -0.0876. The molecule has 3 rings (SSSR count). The van der Waals surface area contributed by atoms with Gasteiger partial charge in [0, 0.05) is 27.9 Å². The summed E-state index contributed by atoms with van der Waals surface area (Å²) >= 11 is 5.94. The molecule has 0 spiro atoms. The van der Waals surface area contributed by atoms with Crippen LogP contribution in [0.3, 0.4) is 0 Å². The molecule has 0 radical (unpaired) electrons. The van der Waals surface area contributed by atoms with Crippen molar-refractivity contribution in [2.24, 2.45) is 0 Å². The fourth-order valence-electron chi connectivity index (χ4n) is 2.99. The van der Waals surface area contributed by atoms with Crippen LogP contribution in [0.2, 0.25) is 5.02 Å². The van der Waals surface area contributed by atoms with Crippen molar-refractivity contribution in [1.29, 1.82) is 0 Å². The van der Waals surface area contributed by atoms with Crippen molar-refractivity contribution in [3.8, 4) is 0 Å². The zero-order chi connectivity index (χ0) is 16.1. The first-order valence-corrected chi connectivity index (χ1v) is 7.42. The highest BCUT2D eigenvalue weighted by atomic mass is 35.5. The first kappa shape index (κ1) is 15.0. The molecule has 0 aliphatic carbocycles. The summed E-state index contributed by atoms with van der Waals surface area (Å²) in [6.07, 6.45) is 1.56. The third kappa shape index (κ3) is 2.02. The summed E-state index contributed by atoms with van der Waals surface area (Å²) in [6.45, 7) is 5.66. The predicted molar refractivity (Wildman–Crippen MR) is 84.6 cm³/mol. The van der Waals surface area contributed by atoms with Gasteiger partial charge in [-0.15, -0.1) is 0 Å². The van der Waals surface area contributed by atoms with Crippen LogP contribution in [0, 0.1) is 0 Å². The van der Waals surface area contributed by atoms with Gasteiger partial charge >= 0.3 is 0 Å². The van der Waals surface area contributed by atoms with Crippen molar-refractivity contribution in [1.82, 2.24) is 9.88 Å². The standard InChI is InChI=1S/C17H17ClN2O2/c1-16(2,3)20-15(21)14-13(5-4-10-19-14)17(20,22)11-6-8-12(18)9-7-11/h4-10,22H,1-3H3.